The maximum absolute atomic E-state index is 12.7. The Kier molecular flexibility index (Phi) is 3.38. The van der Waals surface area contributed by atoms with Crippen molar-refractivity contribution in [3.05, 3.63) is 62.5 Å². The van der Waals surface area contributed by atoms with Gasteiger partial charge in [0, 0.05) is 10.4 Å². The summed E-state index contributed by atoms with van der Waals surface area (Å²) in [5.74, 6) is -0.0693. The number of hydrogen-bond donors (Lipinski definition) is 0. The average molecular weight is 324 g/mol. The topological polar surface area (TPSA) is 52.0 Å². The molecule has 0 fully saturated rings. The van der Waals surface area contributed by atoms with Crippen LogP contribution in [0.25, 0.3) is 10.2 Å². The highest BCUT2D eigenvalue weighted by Gasteiger charge is 2.21. The molecule has 0 bridgehead atoms. The van der Waals surface area contributed by atoms with Crippen LogP contribution in [-0.4, -0.2) is 15.3 Å². The van der Waals surface area contributed by atoms with Crippen LogP contribution < -0.4 is 5.56 Å². The van der Waals surface area contributed by atoms with Crippen molar-refractivity contribution in [2.45, 2.75) is 32.7 Å². The molecule has 2 aromatic heterocycles. The summed E-state index contributed by atoms with van der Waals surface area (Å²) in [4.78, 5) is 31.6. The molecule has 0 amide bonds. The molecule has 1 aliphatic carbocycles. The van der Waals surface area contributed by atoms with E-state index >= 15 is 0 Å². The molecular formula is C18H16N2O2S. The quantitative estimate of drug-likeness (QED) is 0.696. The predicted octanol–water partition coefficient (Wildman–Crippen LogP) is 3.14. The highest BCUT2D eigenvalue weighted by atomic mass is 32.1. The van der Waals surface area contributed by atoms with Gasteiger partial charge in [0.2, 0.25) is 0 Å². The second kappa shape index (κ2) is 5.42. The smallest absolute Gasteiger partial charge is 0.262 e. The summed E-state index contributed by atoms with van der Waals surface area (Å²) in [7, 11) is 0. The van der Waals surface area contributed by atoms with Crippen LogP contribution in [-0.2, 0) is 19.4 Å². The van der Waals surface area contributed by atoms with Crippen LogP contribution in [0.2, 0.25) is 0 Å². The van der Waals surface area contributed by atoms with E-state index < -0.39 is 0 Å². The fourth-order valence-electron chi connectivity index (χ4n) is 3.12. The minimum atomic E-state index is -0.0881. The molecule has 0 aliphatic heterocycles. The number of rotatable bonds is 3. The van der Waals surface area contributed by atoms with Gasteiger partial charge in [-0.15, -0.1) is 11.3 Å². The molecule has 23 heavy (non-hydrogen) atoms. The standard InChI is InChI=1S/C18H16N2O2S/c1-11-5-7-12(8-6-11)14(21)9-20-10-19-17-16(18(20)22)13-3-2-4-15(13)23-17/h5-8,10H,2-4,9H2,1H3. The van der Waals surface area contributed by atoms with E-state index in [4.69, 9.17) is 0 Å². The van der Waals surface area contributed by atoms with Gasteiger partial charge in [0.05, 0.1) is 18.3 Å². The number of hydrogen-bond acceptors (Lipinski definition) is 4. The van der Waals surface area contributed by atoms with Gasteiger partial charge >= 0.3 is 0 Å². The molecule has 5 heteroatoms. The number of Topliss-reactive ketones (excluding diaryl/α,β-unsaturated/α-hetero) is 1. The highest BCUT2D eigenvalue weighted by molar-refractivity contribution is 7.18. The molecule has 0 saturated carbocycles. The molecule has 0 atom stereocenters. The molecule has 1 aromatic carbocycles. The number of fused-ring (bicyclic) bond motifs is 3. The zero-order chi connectivity index (χ0) is 16.0. The van der Waals surface area contributed by atoms with Crippen molar-refractivity contribution in [3.8, 4) is 0 Å². The summed E-state index contributed by atoms with van der Waals surface area (Å²) in [6, 6.07) is 7.42. The van der Waals surface area contributed by atoms with Crippen molar-refractivity contribution in [1.29, 1.82) is 0 Å². The lowest BCUT2D eigenvalue weighted by Gasteiger charge is -2.05. The highest BCUT2D eigenvalue weighted by Crippen LogP contribution is 2.34. The summed E-state index contributed by atoms with van der Waals surface area (Å²) in [5, 5.41) is 0.724. The number of nitrogens with zero attached hydrogens (tertiary/aromatic N) is 2. The van der Waals surface area contributed by atoms with Crippen LogP contribution in [0.15, 0.2) is 35.4 Å². The van der Waals surface area contributed by atoms with Crippen molar-refractivity contribution in [3.63, 3.8) is 0 Å². The molecule has 2 heterocycles. The molecule has 0 N–H and O–H groups in total. The van der Waals surface area contributed by atoms with E-state index in [-0.39, 0.29) is 17.9 Å². The lowest BCUT2D eigenvalue weighted by atomic mass is 10.1. The number of aryl methyl sites for hydroxylation is 3. The van der Waals surface area contributed by atoms with E-state index in [0.717, 1.165) is 40.6 Å². The largest absolute Gasteiger partial charge is 0.292 e. The van der Waals surface area contributed by atoms with Gasteiger partial charge in [-0.05, 0) is 31.7 Å². The van der Waals surface area contributed by atoms with Crippen LogP contribution in [0.1, 0.15) is 32.8 Å². The van der Waals surface area contributed by atoms with E-state index in [2.05, 4.69) is 4.98 Å². The van der Waals surface area contributed by atoms with Gasteiger partial charge in [-0.2, -0.15) is 0 Å². The number of thiophene rings is 1. The van der Waals surface area contributed by atoms with Crippen LogP contribution in [0.3, 0.4) is 0 Å². The molecule has 1 aliphatic rings. The molecule has 4 rings (SSSR count). The molecule has 0 spiro atoms. The number of benzene rings is 1. The normalized spacial score (nSPS) is 13.4. The summed E-state index contributed by atoms with van der Waals surface area (Å²) < 4.78 is 1.44. The maximum atomic E-state index is 12.7. The van der Waals surface area contributed by atoms with Gasteiger partial charge < -0.3 is 0 Å². The maximum Gasteiger partial charge on any atom is 0.262 e. The Hall–Kier alpha value is -2.27. The summed E-state index contributed by atoms with van der Waals surface area (Å²) in [5.41, 5.74) is 2.79. The third-order valence-electron chi connectivity index (χ3n) is 4.38. The average Bonchev–Trinajstić information content (AvgIpc) is 3.11. The second-order valence-corrected chi connectivity index (χ2v) is 7.09. The van der Waals surface area contributed by atoms with Crippen LogP contribution in [0.4, 0.5) is 0 Å². The van der Waals surface area contributed by atoms with Crippen molar-refractivity contribution >= 4 is 27.3 Å². The van der Waals surface area contributed by atoms with Crippen molar-refractivity contribution in [1.82, 2.24) is 9.55 Å². The van der Waals surface area contributed by atoms with Crippen molar-refractivity contribution in [2.75, 3.05) is 0 Å². The first kappa shape index (κ1) is 14.3. The Morgan fingerprint density at radius 3 is 2.83 bits per heavy atom. The third kappa shape index (κ3) is 2.41. The van der Waals surface area contributed by atoms with Gasteiger partial charge in [-0.3, -0.25) is 14.2 Å². The lowest BCUT2D eigenvalue weighted by molar-refractivity contribution is 0.0970. The van der Waals surface area contributed by atoms with Crippen LogP contribution in [0.5, 0.6) is 0 Å². The lowest BCUT2D eigenvalue weighted by Crippen LogP contribution is -2.24. The van der Waals surface area contributed by atoms with Crippen LogP contribution >= 0.6 is 11.3 Å². The number of ketones is 1. The molecule has 0 unspecified atom stereocenters. The summed E-state index contributed by atoms with van der Waals surface area (Å²) >= 11 is 1.62. The Balaban J connectivity index is 1.72. The summed E-state index contributed by atoms with van der Waals surface area (Å²) in [6.45, 7) is 2.02. The third-order valence-corrected chi connectivity index (χ3v) is 5.58. The predicted molar refractivity (Wildman–Crippen MR) is 91.4 cm³/mol. The fraction of sp³-hybridized carbons (Fsp3) is 0.278. The van der Waals surface area contributed by atoms with Crippen molar-refractivity contribution in [2.24, 2.45) is 0 Å². The van der Waals surface area contributed by atoms with Gasteiger partial charge in [0.1, 0.15) is 4.83 Å². The van der Waals surface area contributed by atoms with E-state index in [1.165, 1.54) is 15.8 Å². The van der Waals surface area contributed by atoms with Gasteiger partial charge in [-0.25, -0.2) is 4.98 Å². The molecule has 116 valence electrons. The number of carbonyl (C=O) groups is 1. The first-order valence-electron chi connectivity index (χ1n) is 7.73. The minimum Gasteiger partial charge on any atom is -0.292 e. The SMILES string of the molecule is Cc1ccc(C(=O)Cn2cnc3sc4c(c3c2=O)CCC4)cc1. The van der Waals surface area contributed by atoms with Crippen LogP contribution in [0, 0.1) is 6.92 Å². The minimum absolute atomic E-state index is 0.0372. The van der Waals surface area contributed by atoms with Crippen molar-refractivity contribution < 1.29 is 4.79 Å². The molecular weight excluding hydrogens is 308 g/mol. The van der Waals surface area contributed by atoms with E-state index in [1.54, 1.807) is 23.5 Å². The van der Waals surface area contributed by atoms with Gasteiger partial charge in [-0.1, -0.05) is 29.8 Å². The fourth-order valence-corrected chi connectivity index (χ4v) is 4.34. The van der Waals surface area contributed by atoms with E-state index in [0.29, 0.717) is 5.56 Å². The summed E-state index contributed by atoms with van der Waals surface area (Å²) in [6.07, 6.45) is 4.59. The zero-order valence-electron chi connectivity index (χ0n) is 12.8. The monoisotopic (exact) mass is 324 g/mol. The second-order valence-electron chi connectivity index (χ2n) is 6.00. The van der Waals surface area contributed by atoms with E-state index in [1.807, 2.05) is 19.1 Å². The number of aromatic nitrogens is 2. The van der Waals surface area contributed by atoms with Gasteiger partial charge in [0.25, 0.3) is 5.56 Å². The first-order chi connectivity index (χ1) is 11.1. The van der Waals surface area contributed by atoms with Gasteiger partial charge in [0.15, 0.2) is 5.78 Å². The molecule has 0 radical (unpaired) electrons. The Morgan fingerprint density at radius 1 is 1.26 bits per heavy atom. The number of carbonyl (C=O) groups excluding carboxylic acids is 1. The molecule has 4 nitrogen and oxygen atoms in total. The molecule has 0 saturated heterocycles. The Labute approximate surface area is 137 Å². The van der Waals surface area contributed by atoms with E-state index in [9.17, 15) is 9.59 Å². The Bertz CT molecular complexity index is 967. The Morgan fingerprint density at radius 2 is 2.04 bits per heavy atom. The molecule has 3 aromatic rings. The first-order valence-corrected chi connectivity index (χ1v) is 8.54. The zero-order valence-corrected chi connectivity index (χ0v) is 13.7.